The van der Waals surface area contributed by atoms with Crippen LogP contribution in [-0.4, -0.2) is 28.2 Å². The third-order valence-corrected chi connectivity index (χ3v) is 2.04. The summed E-state index contributed by atoms with van der Waals surface area (Å²) in [7, 11) is 0. The van der Waals surface area contributed by atoms with Crippen molar-refractivity contribution in [2.24, 2.45) is 0 Å². The van der Waals surface area contributed by atoms with Gasteiger partial charge in [0.05, 0.1) is 0 Å². The van der Waals surface area contributed by atoms with Gasteiger partial charge in [-0.2, -0.15) is 0 Å². The lowest BCUT2D eigenvalue weighted by Crippen LogP contribution is -2.18. The van der Waals surface area contributed by atoms with Crippen LogP contribution in [-0.2, 0) is 11.2 Å². The average molecular weight is 194 g/mol. The van der Waals surface area contributed by atoms with E-state index in [4.69, 9.17) is 5.21 Å². The first-order valence-corrected chi connectivity index (χ1v) is 4.55. The third-order valence-electron chi connectivity index (χ3n) is 2.04. The number of amides is 1. The Labute approximate surface area is 83.1 Å². The molecule has 1 aromatic rings. The summed E-state index contributed by atoms with van der Waals surface area (Å²) in [6.07, 6.45) is 3.65. The van der Waals surface area contributed by atoms with Crippen LogP contribution in [0.1, 0.15) is 17.7 Å². The number of nitrogens with zero attached hydrogens (tertiary/aromatic N) is 2. The van der Waals surface area contributed by atoms with E-state index in [-0.39, 0.29) is 0 Å². The van der Waals surface area contributed by atoms with Crippen molar-refractivity contribution in [2.75, 3.05) is 6.54 Å². The summed E-state index contributed by atoms with van der Waals surface area (Å²) in [5.41, 5.74) is 2.16. The molecule has 4 heteroatoms. The Bertz CT molecular complexity index is 302. The van der Waals surface area contributed by atoms with Gasteiger partial charge < -0.3 is 0 Å². The maximum Gasteiger partial charge on any atom is 0.233 e. The maximum atomic E-state index is 10.1. The zero-order valence-corrected chi connectivity index (χ0v) is 8.18. The number of carbonyl (C=O) groups is 1. The molecule has 0 aromatic carbocycles. The number of pyridine rings is 1. The van der Waals surface area contributed by atoms with E-state index in [2.05, 4.69) is 4.98 Å². The molecule has 0 aliphatic heterocycles. The molecule has 14 heavy (non-hydrogen) atoms. The van der Waals surface area contributed by atoms with Gasteiger partial charge in [-0.3, -0.25) is 15.0 Å². The fraction of sp³-hybridized carbons (Fsp3) is 0.400. The Morgan fingerprint density at radius 3 is 3.07 bits per heavy atom. The smallest absolute Gasteiger partial charge is 0.233 e. The van der Waals surface area contributed by atoms with E-state index in [1.807, 2.05) is 19.1 Å². The van der Waals surface area contributed by atoms with E-state index in [0.29, 0.717) is 24.4 Å². The van der Waals surface area contributed by atoms with Crippen LogP contribution in [0.2, 0.25) is 0 Å². The summed E-state index contributed by atoms with van der Waals surface area (Å²) < 4.78 is 0. The second-order valence-corrected chi connectivity index (χ2v) is 3.14. The minimum atomic E-state index is 0.347. The molecule has 0 aliphatic rings. The topological polar surface area (TPSA) is 53.4 Å². The summed E-state index contributed by atoms with van der Waals surface area (Å²) in [4.78, 5) is 14.3. The first-order chi connectivity index (χ1) is 6.74. The summed E-state index contributed by atoms with van der Waals surface area (Å²) in [5, 5.41) is 9.50. The molecule has 0 radical (unpaired) electrons. The number of hydrogen-bond acceptors (Lipinski definition) is 3. The van der Waals surface area contributed by atoms with Crippen molar-refractivity contribution in [2.45, 2.75) is 19.8 Å². The lowest BCUT2D eigenvalue weighted by atomic mass is 10.1. The molecule has 0 bridgehead atoms. The quantitative estimate of drug-likeness (QED) is 0.435. The van der Waals surface area contributed by atoms with Gasteiger partial charge in [0.1, 0.15) is 0 Å². The molecule has 0 aliphatic carbocycles. The maximum absolute atomic E-state index is 10.1. The number of aryl methyl sites for hydroxylation is 2. The van der Waals surface area contributed by atoms with Gasteiger partial charge in [0.25, 0.3) is 0 Å². The normalized spacial score (nSPS) is 9.86. The summed E-state index contributed by atoms with van der Waals surface area (Å²) in [6.45, 7) is 2.35. The zero-order chi connectivity index (χ0) is 10.4. The Kier molecular flexibility index (Phi) is 4.07. The highest BCUT2D eigenvalue weighted by molar-refractivity contribution is 5.44. The van der Waals surface area contributed by atoms with Gasteiger partial charge in [-0.05, 0) is 31.4 Å². The van der Waals surface area contributed by atoms with Crippen LogP contribution >= 0.6 is 0 Å². The molecule has 1 amide bonds. The highest BCUT2D eigenvalue weighted by Gasteiger charge is 2.00. The predicted molar refractivity (Wildman–Crippen MR) is 51.9 cm³/mol. The monoisotopic (exact) mass is 194 g/mol. The van der Waals surface area contributed by atoms with E-state index in [9.17, 15) is 4.79 Å². The van der Waals surface area contributed by atoms with E-state index >= 15 is 0 Å². The van der Waals surface area contributed by atoms with Crippen molar-refractivity contribution in [3.05, 3.63) is 29.6 Å². The highest BCUT2D eigenvalue weighted by atomic mass is 16.5. The fourth-order valence-electron chi connectivity index (χ4n) is 1.24. The Morgan fingerprint density at radius 2 is 2.43 bits per heavy atom. The number of aromatic nitrogens is 1. The first kappa shape index (κ1) is 10.7. The van der Waals surface area contributed by atoms with Gasteiger partial charge in [-0.15, -0.1) is 0 Å². The molecule has 1 aromatic heterocycles. The van der Waals surface area contributed by atoms with Crippen LogP contribution < -0.4 is 0 Å². The van der Waals surface area contributed by atoms with Crippen molar-refractivity contribution in [3.8, 4) is 0 Å². The van der Waals surface area contributed by atoms with Crippen molar-refractivity contribution in [3.63, 3.8) is 0 Å². The fourth-order valence-corrected chi connectivity index (χ4v) is 1.24. The molecule has 0 saturated heterocycles. The Morgan fingerprint density at radius 1 is 1.64 bits per heavy atom. The van der Waals surface area contributed by atoms with Gasteiger partial charge in [-0.1, -0.05) is 6.07 Å². The molecule has 1 rings (SSSR count). The molecule has 1 heterocycles. The highest BCUT2D eigenvalue weighted by Crippen LogP contribution is 2.05. The summed E-state index contributed by atoms with van der Waals surface area (Å²) in [5.74, 6) is 0. The van der Waals surface area contributed by atoms with Crippen molar-refractivity contribution < 1.29 is 10.0 Å². The number of hydroxylamine groups is 2. The van der Waals surface area contributed by atoms with Crippen LogP contribution in [0, 0.1) is 6.92 Å². The second-order valence-electron chi connectivity index (χ2n) is 3.14. The van der Waals surface area contributed by atoms with Crippen LogP contribution in [0.5, 0.6) is 0 Å². The molecular weight excluding hydrogens is 180 g/mol. The van der Waals surface area contributed by atoms with Gasteiger partial charge in [0.2, 0.25) is 6.41 Å². The van der Waals surface area contributed by atoms with Crippen molar-refractivity contribution >= 4 is 6.41 Å². The molecule has 0 saturated carbocycles. The van der Waals surface area contributed by atoms with Crippen LogP contribution in [0.3, 0.4) is 0 Å². The van der Waals surface area contributed by atoms with E-state index < -0.39 is 0 Å². The predicted octanol–water partition coefficient (Wildman–Crippen LogP) is 1.17. The molecule has 1 N–H and O–H groups in total. The number of carbonyl (C=O) groups excluding carboxylic acids is 1. The van der Waals surface area contributed by atoms with Crippen molar-refractivity contribution in [1.29, 1.82) is 0 Å². The van der Waals surface area contributed by atoms with E-state index in [1.165, 1.54) is 0 Å². The van der Waals surface area contributed by atoms with Crippen LogP contribution in [0.4, 0.5) is 0 Å². The molecule has 0 unspecified atom stereocenters. The third kappa shape index (κ3) is 3.14. The second kappa shape index (κ2) is 5.34. The minimum absolute atomic E-state index is 0.347. The molecule has 0 fully saturated rings. The summed E-state index contributed by atoms with van der Waals surface area (Å²) >= 11 is 0. The first-order valence-electron chi connectivity index (χ1n) is 4.55. The van der Waals surface area contributed by atoms with Gasteiger partial charge in [-0.25, -0.2) is 5.06 Å². The standard InChI is InChI=1S/C10H14N2O2/c1-9-4-2-6-11-10(9)5-3-7-12(14)8-13/h2,4,6,8,14H,3,5,7H2,1H3. The van der Waals surface area contributed by atoms with Gasteiger partial charge in [0, 0.05) is 18.4 Å². The van der Waals surface area contributed by atoms with Gasteiger partial charge >= 0.3 is 0 Å². The van der Waals surface area contributed by atoms with E-state index in [1.54, 1.807) is 6.20 Å². The lowest BCUT2D eigenvalue weighted by Gasteiger charge is -2.08. The molecule has 0 atom stereocenters. The van der Waals surface area contributed by atoms with Crippen molar-refractivity contribution in [1.82, 2.24) is 10.0 Å². The Hall–Kier alpha value is -1.42. The molecule has 4 nitrogen and oxygen atoms in total. The lowest BCUT2D eigenvalue weighted by molar-refractivity contribution is -0.149. The Balaban J connectivity index is 2.38. The average Bonchev–Trinajstić information content (AvgIpc) is 2.20. The number of rotatable bonds is 5. The van der Waals surface area contributed by atoms with Gasteiger partial charge in [0.15, 0.2) is 0 Å². The molecule has 0 spiro atoms. The number of hydrogen-bond donors (Lipinski definition) is 1. The summed E-state index contributed by atoms with van der Waals surface area (Å²) in [6, 6.07) is 3.89. The zero-order valence-electron chi connectivity index (χ0n) is 8.18. The largest absolute Gasteiger partial charge is 0.286 e. The SMILES string of the molecule is Cc1cccnc1CCCN(O)C=O. The molecular formula is C10H14N2O2. The molecule has 76 valence electrons. The van der Waals surface area contributed by atoms with Crippen LogP contribution in [0.25, 0.3) is 0 Å². The minimum Gasteiger partial charge on any atom is -0.286 e. The van der Waals surface area contributed by atoms with E-state index in [0.717, 1.165) is 17.7 Å². The van der Waals surface area contributed by atoms with Crippen LogP contribution in [0.15, 0.2) is 18.3 Å².